The predicted molar refractivity (Wildman–Crippen MR) is 68.1 cm³/mol. The zero-order valence-electron chi connectivity index (χ0n) is 9.93. The Morgan fingerprint density at radius 2 is 1.59 bits per heavy atom. The summed E-state index contributed by atoms with van der Waals surface area (Å²) in [5, 5.41) is 7.89. The van der Waals surface area contributed by atoms with Gasteiger partial charge in [0, 0.05) is 11.6 Å². The Bertz CT molecular complexity index is 297. The lowest BCUT2D eigenvalue weighted by Crippen LogP contribution is -2.04. The monoisotopic (exact) mass is 259 g/mol. The molecule has 0 aromatic rings. The van der Waals surface area contributed by atoms with Gasteiger partial charge in [-0.15, -0.1) is 0 Å². The van der Waals surface area contributed by atoms with Crippen molar-refractivity contribution in [3.63, 3.8) is 0 Å². The van der Waals surface area contributed by atoms with Crippen molar-refractivity contribution in [3.05, 3.63) is 37.5 Å². The molecule has 96 valence electrons. The molecule has 0 rings (SSSR count). The van der Waals surface area contributed by atoms with Gasteiger partial charge in [-0.2, -0.15) is 0 Å². The van der Waals surface area contributed by atoms with E-state index in [4.69, 9.17) is 5.11 Å². The molecule has 0 fully saturated rings. The molecule has 0 aromatic carbocycles. The van der Waals surface area contributed by atoms with Crippen molar-refractivity contribution in [1.82, 2.24) is 0 Å². The van der Waals surface area contributed by atoms with Crippen LogP contribution in [-0.2, 0) is 18.8 Å². The van der Waals surface area contributed by atoms with E-state index in [1.807, 2.05) is 0 Å². The van der Waals surface area contributed by atoms with Crippen molar-refractivity contribution in [2.75, 3.05) is 0 Å². The minimum Gasteiger partial charge on any atom is -0.526 e. The van der Waals surface area contributed by atoms with Crippen LogP contribution in [0.4, 0.5) is 0 Å². The van der Waals surface area contributed by atoms with Crippen LogP contribution < -0.4 is 5.73 Å². The predicted octanol–water partition coefficient (Wildman–Crippen LogP) is -0.699. The van der Waals surface area contributed by atoms with Gasteiger partial charge in [-0.05, 0) is 13.0 Å². The molecule has 7 heteroatoms. The number of primary amides is 1. The topological polar surface area (TPSA) is 107 Å². The SMILES string of the molecule is C=C(C)C(=O)O.C=CC(=O)O[SiH3].C=CC(N)=O. The van der Waals surface area contributed by atoms with E-state index in [1.165, 1.54) is 6.92 Å². The lowest BCUT2D eigenvalue weighted by molar-refractivity contribution is -0.132. The van der Waals surface area contributed by atoms with Gasteiger partial charge in [0.05, 0.1) is 0 Å². The summed E-state index contributed by atoms with van der Waals surface area (Å²) in [7, 11) is 0.462. The van der Waals surface area contributed by atoms with E-state index in [0.29, 0.717) is 10.5 Å². The highest BCUT2D eigenvalue weighted by Gasteiger charge is 1.90. The van der Waals surface area contributed by atoms with Gasteiger partial charge in [0.25, 0.3) is 0 Å². The van der Waals surface area contributed by atoms with Gasteiger partial charge in [-0.1, -0.05) is 19.7 Å². The summed E-state index contributed by atoms with van der Waals surface area (Å²) in [6.45, 7) is 10.9. The molecule has 0 atom stereocenters. The third-order valence-corrected chi connectivity index (χ3v) is 1.34. The molecule has 0 spiro atoms. The maximum absolute atomic E-state index is 9.88. The number of carboxylic acids is 1. The number of carbonyl (C=O) groups excluding carboxylic acids is 2. The van der Waals surface area contributed by atoms with Gasteiger partial charge in [-0.25, -0.2) is 9.59 Å². The van der Waals surface area contributed by atoms with E-state index in [0.717, 1.165) is 12.2 Å². The molecule has 0 aliphatic heterocycles. The second-order valence-electron chi connectivity index (χ2n) is 2.42. The molecule has 0 aliphatic carbocycles. The van der Waals surface area contributed by atoms with Crippen LogP contribution in [0.5, 0.6) is 0 Å². The number of carbonyl (C=O) groups is 3. The van der Waals surface area contributed by atoms with Crippen molar-refractivity contribution in [3.8, 4) is 0 Å². The number of hydrogen-bond acceptors (Lipinski definition) is 4. The lowest BCUT2D eigenvalue weighted by Gasteiger charge is -1.84. The second kappa shape index (κ2) is 13.8. The Labute approximate surface area is 103 Å². The van der Waals surface area contributed by atoms with Crippen LogP contribution in [0.25, 0.3) is 0 Å². The maximum Gasteiger partial charge on any atom is 0.330 e. The molecule has 0 aliphatic rings. The van der Waals surface area contributed by atoms with E-state index < -0.39 is 11.9 Å². The van der Waals surface area contributed by atoms with Gasteiger partial charge < -0.3 is 15.3 Å². The van der Waals surface area contributed by atoms with Crippen molar-refractivity contribution >= 4 is 28.3 Å². The molecule has 0 bridgehead atoms. The van der Waals surface area contributed by atoms with Crippen LogP contribution in [0, 0.1) is 0 Å². The van der Waals surface area contributed by atoms with Gasteiger partial charge >= 0.3 is 11.9 Å². The fourth-order valence-electron chi connectivity index (χ4n) is 0.0833. The summed E-state index contributed by atoms with van der Waals surface area (Å²) in [6, 6.07) is 0. The van der Waals surface area contributed by atoms with E-state index in [2.05, 4.69) is 29.9 Å². The van der Waals surface area contributed by atoms with Crippen LogP contribution in [-0.4, -0.2) is 33.4 Å². The third kappa shape index (κ3) is 31.6. The highest BCUT2D eigenvalue weighted by molar-refractivity contribution is 6.07. The first kappa shape index (κ1) is 20.3. The van der Waals surface area contributed by atoms with Crippen molar-refractivity contribution in [2.45, 2.75) is 6.92 Å². The fraction of sp³-hybridized carbons (Fsp3) is 0.100. The van der Waals surface area contributed by atoms with Crippen LogP contribution in [0.1, 0.15) is 6.92 Å². The van der Waals surface area contributed by atoms with Crippen LogP contribution >= 0.6 is 0 Å². The highest BCUT2D eigenvalue weighted by Crippen LogP contribution is 1.81. The van der Waals surface area contributed by atoms with Gasteiger partial charge in [0.15, 0.2) is 0 Å². The Morgan fingerprint density at radius 3 is 1.59 bits per heavy atom. The average molecular weight is 259 g/mol. The van der Waals surface area contributed by atoms with Crippen molar-refractivity contribution < 1.29 is 23.9 Å². The van der Waals surface area contributed by atoms with Crippen LogP contribution in [0.2, 0.25) is 0 Å². The van der Waals surface area contributed by atoms with Crippen molar-refractivity contribution in [2.24, 2.45) is 5.73 Å². The summed E-state index contributed by atoms with van der Waals surface area (Å²) >= 11 is 0. The van der Waals surface area contributed by atoms with E-state index in [-0.39, 0.29) is 11.5 Å². The second-order valence-corrected chi connectivity index (χ2v) is 2.83. The quantitative estimate of drug-likeness (QED) is 0.515. The zero-order valence-corrected chi connectivity index (χ0v) is 11.9. The number of hydrogen-bond donors (Lipinski definition) is 2. The number of amides is 1. The number of carboxylic acid groups (broad SMARTS) is 1. The van der Waals surface area contributed by atoms with Gasteiger partial charge in [0.2, 0.25) is 16.4 Å². The minimum absolute atomic E-state index is 0.176. The van der Waals surface area contributed by atoms with E-state index in [1.54, 1.807) is 0 Å². The molecule has 0 saturated heterocycles. The zero-order chi connectivity index (χ0) is 14.4. The molecule has 1 amide bonds. The Morgan fingerprint density at radius 1 is 1.29 bits per heavy atom. The first-order valence-electron chi connectivity index (χ1n) is 4.23. The van der Waals surface area contributed by atoms with Crippen molar-refractivity contribution in [1.29, 1.82) is 0 Å². The largest absolute Gasteiger partial charge is 0.526 e. The van der Waals surface area contributed by atoms with Crippen LogP contribution in [0.3, 0.4) is 0 Å². The first-order valence-corrected chi connectivity index (χ1v) is 5.05. The molecule has 0 unspecified atom stereocenters. The van der Waals surface area contributed by atoms with Crippen LogP contribution in [0.15, 0.2) is 37.5 Å². The Hall–Kier alpha value is -2.15. The summed E-state index contributed by atoms with van der Waals surface area (Å²) in [6.07, 6.45) is 2.20. The lowest BCUT2D eigenvalue weighted by atomic mass is 10.4. The molecule has 0 saturated carbocycles. The average Bonchev–Trinajstić information content (AvgIpc) is 2.29. The maximum atomic E-state index is 9.88. The van der Waals surface area contributed by atoms with Gasteiger partial charge in [0.1, 0.15) is 0 Å². The minimum atomic E-state index is -0.935. The summed E-state index contributed by atoms with van der Waals surface area (Å²) < 4.78 is 4.28. The third-order valence-electron chi connectivity index (χ3n) is 0.934. The molecular weight excluding hydrogens is 242 g/mol. The fourth-order valence-corrected chi connectivity index (χ4v) is 0.250. The Balaban J connectivity index is -0.000000174. The Kier molecular flexibility index (Phi) is 16.5. The summed E-state index contributed by atoms with van der Waals surface area (Å²) in [4.78, 5) is 28.9. The molecule has 0 aromatic heterocycles. The molecule has 0 radical (unpaired) electrons. The molecule has 6 nitrogen and oxygen atoms in total. The molecule has 17 heavy (non-hydrogen) atoms. The first-order chi connectivity index (χ1) is 7.72. The smallest absolute Gasteiger partial charge is 0.330 e. The summed E-state index contributed by atoms with van der Waals surface area (Å²) in [5.41, 5.74) is 4.71. The highest BCUT2D eigenvalue weighted by atomic mass is 28.2. The number of nitrogens with two attached hydrogens (primary N) is 1. The molecule has 0 heterocycles. The van der Waals surface area contributed by atoms with Gasteiger partial charge in [-0.3, -0.25) is 4.79 Å². The molecular formula is C10H17NO5Si. The van der Waals surface area contributed by atoms with E-state index >= 15 is 0 Å². The normalized spacial score (nSPS) is 7.12. The summed E-state index contributed by atoms with van der Waals surface area (Å²) in [5.74, 6) is -1.75. The number of rotatable bonds is 3. The van der Waals surface area contributed by atoms with E-state index in [9.17, 15) is 14.4 Å². The molecule has 3 N–H and O–H groups in total. The number of aliphatic carboxylic acids is 1. The standard InChI is InChI=1S/C4H6O2.C3H5NO.C3H6O2Si/c1-3(2)4(5)6;1-2-3(4)5;1-2-3(4)5-6/h1H2,2H3,(H,5,6);2H,1H2,(H2,4,5);2H,1H2,6H3.